The van der Waals surface area contributed by atoms with Crippen LogP contribution in [0.1, 0.15) is 24.8 Å². The van der Waals surface area contributed by atoms with Gasteiger partial charge < -0.3 is 9.73 Å². The lowest BCUT2D eigenvalue weighted by Crippen LogP contribution is -2.38. The number of amides is 1. The topological polar surface area (TPSA) is 71.3 Å². The molecule has 0 radical (unpaired) electrons. The fraction of sp³-hybridized carbons (Fsp3) is 0.350. The van der Waals surface area contributed by atoms with Gasteiger partial charge in [0.05, 0.1) is 18.0 Å². The largest absolute Gasteiger partial charge is 0.419 e. The summed E-state index contributed by atoms with van der Waals surface area (Å²) in [5, 5.41) is 13.0. The van der Waals surface area contributed by atoms with Gasteiger partial charge in [-0.15, -0.1) is 21.5 Å². The monoisotopic (exact) mass is 402 g/mol. The van der Waals surface area contributed by atoms with E-state index in [9.17, 15) is 9.18 Å². The summed E-state index contributed by atoms with van der Waals surface area (Å²) in [4.78, 5) is 15.2. The lowest BCUT2D eigenvalue weighted by Gasteiger charge is -2.19. The Kier molecular flexibility index (Phi) is 7.27. The fourth-order valence-electron chi connectivity index (χ4n) is 2.84. The fourth-order valence-corrected chi connectivity index (χ4v) is 3.48. The molecule has 0 aliphatic rings. The van der Waals surface area contributed by atoms with E-state index >= 15 is 0 Å². The third-order valence-corrected chi connectivity index (χ3v) is 5.00. The molecule has 0 fully saturated rings. The van der Waals surface area contributed by atoms with Gasteiger partial charge in [0, 0.05) is 6.54 Å². The van der Waals surface area contributed by atoms with Gasteiger partial charge in [-0.3, -0.25) is 9.69 Å². The molecule has 6 nitrogen and oxygen atoms in total. The average molecular weight is 402 g/mol. The summed E-state index contributed by atoms with van der Waals surface area (Å²) in [6.07, 6.45) is 1.36. The lowest BCUT2D eigenvalue weighted by molar-refractivity contribution is -0.122. The van der Waals surface area contributed by atoms with Gasteiger partial charge in [0.1, 0.15) is 5.82 Å². The minimum Gasteiger partial charge on any atom is -0.419 e. The number of hydrogen-bond donors (Lipinski definition) is 1. The third-order valence-electron chi connectivity index (χ3n) is 4.14. The highest BCUT2D eigenvalue weighted by atomic mass is 32.1. The highest BCUT2D eigenvalue weighted by molar-refractivity contribution is 7.13. The van der Waals surface area contributed by atoms with Gasteiger partial charge in [0.25, 0.3) is 5.89 Å². The van der Waals surface area contributed by atoms with E-state index in [0.717, 1.165) is 17.8 Å². The Balaban J connectivity index is 1.49. The van der Waals surface area contributed by atoms with Crippen molar-refractivity contribution >= 4 is 17.2 Å². The van der Waals surface area contributed by atoms with Crippen LogP contribution in [0.3, 0.4) is 0 Å². The Labute approximate surface area is 167 Å². The molecule has 3 aromatic rings. The number of benzene rings is 1. The van der Waals surface area contributed by atoms with Crippen LogP contribution in [0.15, 0.2) is 46.2 Å². The van der Waals surface area contributed by atoms with Crippen molar-refractivity contribution in [3.8, 4) is 10.8 Å². The van der Waals surface area contributed by atoms with E-state index in [-0.39, 0.29) is 18.3 Å². The van der Waals surface area contributed by atoms with Crippen LogP contribution >= 0.6 is 11.3 Å². The Morgan fingerprint density at radius 2 is 2.11 bits per heavy atom. The predicted octanol–water partition coefficient (Wildman–Crippen LogP) is 3.51. The number of nitrogens with one attached hydrogen (secondary N) is 1. The van der Waals surface area contributed by atoms with E-state index in [1.165, 1.54) is 17.4 Å². The first-order valence-electron chi connectivity index (χ1n) is 9.24. The highest BCUT2D eigenvalue weighted by Gasteiger charge is 2.15. The van der Waals surface area contributed by atoms with Crippen molar-refractivity contribution in [2.24, 2.45) is 0 Å². The lowest BCUT2D eigenvalue weighted by atomic mass is 10.1. The molecule has 0 spiro atoms. The van der Waals surface area contributed by atoms with Gasteiger partial charge >= 0.3 is 0 Å². The van der Waals surface area contributed by atoms with E-state index in [0.29, 0.717) is 36.9 Å². The molecule has 0 aliphatic carbocycles. The van der Waals surface area contributed by atoms with Gasteiger partial charge in [-0.25, -0.2) is 4.39 Å². The maximum atomic E-state index is 13.6. The van der Waals surface area contributed by atoms with Crippen LogP contribution in [-0.4, -0.2) is 40.6 Å². The van der Waals surface area contributed by atoms with Crippen LogP contribution in [0.5, 0.6) is 0 Å². The summed E-state index contributed by atoms with van der Waals surface area (Å²) >= 11 is 1.54. The van der Waals surface area contributed by atoms with Crippen LogP contribution < -0.4 is 5.32 Å². The number of carbonyl (C=O) groups is 1. The van der Waals surface area contributed by atoms with Gasteiger partial charge in [0.15, 0.2) is 0 Å². The van der Waals surface area contributed by atoms with E-state index in [1.54, 1.807) is 18.2 Å². The molecule has 0 saturated heterocycles. The van der Waals surface area contributed by atoms with Gasteiger partial charge in [0.2, 0.25) is 11.8 Å². The zero-order valence-electron chi connectivity index (χ0n) is 15.7. The second-order valence-corrected chi connectivity index (χ2v) is 7.33. The Hall–Kier alpha value is -2.58. The molecule has 0 aliphatic heterocycles. The molecule has 1 N–H and O–H groups in total. The van der Waals surface area contributed by atoms with Crippen molar-refractivity contribution in [3.05, 3.63) is 59.0 Å². The number of rotatable bonds is 10. The van der Waals surface area contributed by atoms with Crippen molar-refractivity contribution < 1.29 is 13.6 Å². The van der Waals surface area contributed by atoms with E-state index in [1.807, 2.05) is 29.3 Å². The van der Waals surface area contributed by atoms with Crippen molar-refractivity contribution in [3.63, 3.8) is 0 Å². The summed E-state index contributed by atoms with van der Waals surface area (Å²) in [7, 11) is 0. The minimum atomic E-state index is -0.248. The smallest absolute Gasteiger partial charge is 0.257 e. The van der Waals surface area contributed by atoms with Crippen molar-refractivity contribution in [2.45, 2.75) is 26.3 Å². The Morgan fingerprint density at radius 3 is 2.86 bits per heavy atom. The molecule has 148 valence electrons. The van der Waals surface area contributed by atoms with Crippen LogP contribution in [0.4, 0.5) is 4.39 Å². The average Bonchev–Trinajstić information content (AvgIpc) is 3.35. The maximum Gasteiger partial charge on any atom is 0.257 e. The first kappa shape index (κ1) is 20.2. The normalized spacial score (nSPS) is 11.1. The van der Waals surface area contributed by atoms with Gasteiger partial charge in [-0.05, 0) is 42.5 Å². The van der Waals surface area contributed by atoms with Crippen LogP contribution in [0.2, 0.25) is 0 Å². The summed E-state index contributed by atoms with van der Waals surface area (Å²) in [6, 6.07) is 10.5. The number of thiophene rings is 1. The Morgan fingerprint density at radius 1 is 1.25 bits per heavy atom. The number of carbonyl (C=O) groups excluding carboxylic acids is 1. The van der Waals surface area contributed by atoms with E-state index < -0.39 is 0 Å². The molecule has 2 aromatic heterocycles. The maximum absolute atomic E-state index is 13.6. The number of aromatic nitrogens is 2. The van der Waals surface area contributed by atoms with Gasteiger partial charge in [-0.2, -0.15) is 0 Å². The first-order chi connectivity index (χ1) is 13.7. The highest BCUT2D eigenvalue weighted by Crippen LogP contribution is 2.23. The molecule has 28 heavy (non-hydrogen) atoms. The molecule has 1 amide bonds. The van der Waals surface area contributed by atoms with Crippen molar-refractivity contribution in [1.82, 2.24) is 20.4 Å². The zero-order valence-corrected chi connectivity index (χ0v) is 16.5. The van der Waals surface area contributed by atoms with Crippen LogP contribution in [0.25, 0.3) is 10.8 Å². The van der Waals surface area contributed by atoms with Gasteiger partial charge in [-0.1, -0.05) is 31.2 Å². The molecular formula is C20H23FN4O2S. The molecule has 2 heterocycles. The summed E-state index contributed by atoms with van der Waals surface area (Å²) in [5.74, 6) is 0.622. The van der Waals surface area contributed by atoms with Crippen LogP contribution in [-0.2, 0) is 17.8 Å². The number of hydrogen-bond acceptors (Lipinski definition) is 6. The number of halogens is 1. The first-order valence-corrected chi connectivity index (χ1v) is 10.1. The minimum absolute atomic E-state index is 0.109. The second-order valence-electron chi connectivity index (χ2n) is 6.38. The Bertz CT molecular complexity index is 882. The summed E-state index contributed by atoms with van der Waals surface area (Å²) < 4.78 is 19.3. The van der Waals surface area contributed by atoms with Crippen LogP contribution in [0, 0.1) is 5.82 Å². The molecule has 3 rings (SSSR count). The third kappa shape index (κ3) is 5.71. The van der Waals surface area contributed by atoms with Crippen molar-refractivity contribution in [2.75, 3.05) is 19.6 Å². The SMILES string of the molecule is CCCN(CC(=O)NCCc1ccccc1F)Cc1nnc(-c2cccs2)o1. The van der Waals surface area contributed by atoms with Crippen molar-refractivity contribution in [1.29, 1.82) is 0 Å². The predicted molar refractivity (Wildman–Crippen MR) is 106 cm³/mol. The molecule has 0 saturated carbocycles. The molecule has 0 unspecified atom stereocenters. The molecule has 1 aromatic carbocycles. The zero-order chi connectivity index (χ0) is 19.8. The molecular weight excluding hydrogens is 379 g/mol. The number of nitrogens with zero attached hydrogens (tertiary/aromatic N) is 3. The quantitative estimate of drug-likeness (QED) is 0.562. The van der Waals surface area contributed by atoms with E-state index in [2.05, 4.69) is 15.5 Å². The second kappa shape index (κ2) is 10.1. The summed E-state index contributed by atoms with van der Waals surface area (Å²) in [6.45, 7) is 3.81. The molecule has 0 atom stereocenters. The van der Waals surface area contributed by atoms with E-state index in [4.69, 9.17) is 4.42 Å². The molecule has 8 heteroatoms. The molecule has 0 bridgehead atoms. The standard InChI is InChI=1S/C20H23FN4O2S/c1-2-11-25(14-19-23-24-20(27-19)17-8-5-12-28-17)13-18(26)22-10-9-15-6-3-4-7-16(15)21/h3-8,12H,2,9-11,13-14H2,1H3,(H,22,26). The summed E-state index contributed by atoms with van der Waals surface area (Å²) in [5.41, 5.74) is 0.597.